The Morgan fingerprint density at radius 1 is 1.19 bits per heavy atom. The van der Waals surface area contributed by atoms with Gasteiger partial charge in [-0.15, -0.1) is 0 Å². The SMILES string of the molecule is O=C(O)c1cc(S(=O)(=O)N2CCCCCC2)cc(Br)c1Cl. The molecule has 0 saturated carbocycles. The summed E-state index contributed by atoms with van der Waals surface area (Å²) in [6.07, 6.45) is 3.66. The summed E-state index contributed by atoms with van der Waals surface area (Å²) in [6, 6.07) is 2.48. The Morgan fingerprint density at radius 3 is 2.29 bits per heavy atom. The van der Waals surface area contributed by atoms with Gasteiger partial charge >= 0.3 is 5.97 Å². The number of carboxylic acid groups (broad SMARTS) is 1. The Balaban J connectivity index is 2.46. The summed E-state index contributed by atoms with van der Waals surface area (Å²) in [5.74, 6) is -1.26. The summed E-state index contributed by atoms with van der Waals surface area (Å²) >= 11 is 9.00. The second-order valence-electron chi connectivity index (χ2n) is 4.89. The molecule has 8 heteroatoms. The number of nitrogens with zero attached hydrogens (tertiary/aromatic N) is 1. The molecule has 0 atom stereocenters. The van der Waals surface area contributed by atoms with Crippen LogP contribution in [0.25, 0.3) is 0 Å². The molecule has 116 valence electrons. The molecule has 0 aliphatic carbocycles. The van der Waals surface area contributed by atoms with Crippen molar-refractivity contribution in [3.8, 4) is 0 Å². The van der Waals surface area contributed by atoms with Crippen molar-refractivity contribution in [2.75, 3.05) is 13.1 Å². The molecule has 1 aliphatic heterocycles. The lowest BCUT2D eigenvalue weighted by Gasteiger charge is -2.20. The molecule has 1 aliphatic rings. The molecule has 0 spiro atoms. The van der Waals surface area contributed by atoms with Crippen LogP contribution in [0.2, 0.25) is 5.02 Å². The second-order valence-corrected chi connectivity index (χ2v) is 8.06. The molecular weight excluding hydrogens is 382 g/mol. The number of sulfonamides is 1. The lowest BCUT2D eigenvalue weighted by atomic mass is 10.2. The highest BCUT2D eigenvalue weighted by molar-refractivity contribution is 9.10. The van der Waals surface area contributed by atoms with Gasteiger partial charge in [0, 0.05) is 17.6 Å². The van der Waals surface area contributed by atoms with Crippen molar-refractivity contribution in [2.45, 2.75) is 30.6 Å². The number of hydrogen-bond acceptors (Lipinski definition) is 3. The van der Waals surface area contributed by atoms with Gasteiger partial charge in [0.1, 0.15) is 0 Å². The lowest BCUT2D eigenvalue weighted by molar-refractivity contribution is 0.0696. The molecule has 1 fully saturated rings. The van der Waals surface area contributed by atoms with E-state index in [1.54, 1.807) is 0 Å². The zero-order chi connectivity index (χ0) is 15.6. The number of rotatable bonds is 3. The molecule has 0 unspecified atom stereocenters. The first kappa shape index (κ1) is 16.7. The molecule has 1 N–H and O–H groups in total. The van der Waals surface area contributed by atoms with Gasteiger partial charge < -0.3 is 5.11 Å². The standard InChI is InChI=1S/C13H15BrClNO4S/c14-11-8-9(7-10(12(11)15)13(17)18)21(19,20)16-5-3-1-2-4-6-16/h7-8H,1-6H2,(H,17,18). The van der Waals surface area contributed by atoms with Crippen LogP contribution in [0.5, 0.6) is 0 Å². The largest absolute Gasteiger partial charge is 0.478 e. The Hall–Kier alpha value is -0.630. The molecule has 0 radical (unpaired) electrons. The zero-order valence-corrected chi connectivity index (χ0v) is 14.3. The number of aromatic carboxylic acids is 1. The van der Waals surface area contributed by atoms with Gasteiger partial charge in [-0.25, -0.2) is 13.2 Å². The van der Waals surface area contributed by atoms with Crippen LogP contribution >= 0.6 is 27.5 Å². The number of hydrogen-bond donors (Lipinski definition) is 1. The van der Waals surface area contributed by atoms with Crippen molar-refractivity contribution in [3.63, 3.8) is 0 Å². The molecule has 0 bridgehead atoms. The van der Waals surface area contributed by atoms with Crippen molar-refractivity contribution in [2.24, 2.45) is 0 Å². The van der Waals surface area contributed by atoms with Crippen LogP contribution in [0.1, 0.15) is 36.0 Å². The van der Waals surface area contributed by atoms with Crippen LogP contribution in [0.4, 0.5) is 0 Å². The average molecular weight is 397 g/mol. The fourth-order valence-electron chi connectivity index (χ4n) is 2.30. The number of benzene rings is 1. The highest BCUT2D eigenvalue weighted by Crippen LogP contribution is 2.31. The Bertz CT molecular complexity index is 654. The van der Waals surface area contributed by atoms with Gasteiger partial charge in [-0.05, 0) is 40.9 Å². The first-order chi connectivity index (χ1) is 9.84. The Kier molecular flexibility index (Phi) is 5.29. The third kappa shape index (κ3) is 3.59. The third-order valence-corrected chi connectivity index (χ3v) is 6.57. The summed E-state index contributed by atoms with van der Waals surface area (Å²) in [5, 5.41) is 9.12. The Morgan fingerprint density at radius 2 is 1.76 bits per heavy atom. The van der Waals surface area contributed by atoms with E-state index in [0.29, 0.717) is 13.1 Å². The van der Waals surface area contributed by atoms with Crippen LogP contribution in [0.15, 0.2) is 21.5 Å². The molecule has 0 amide bonds. The number of carbonyl (C=O) groups is 1. The van der Waals surface area contributed by atoms with Gasteiger partial charge in [-0.2, -0.15) is 4.31 Å². The number of halogens is 2. The maximum Gasteiger partial charge on any atom is 0.337 e. The fraction of sp³-hybridized carbons (Fsp3) is 0.462. The summed E-state index contributed by atoms with van der Waals surface area (Å²) in [4.78, 5) is 11.1. The van der Waals surface area contributed by atoms with Gasteiger partial charge in [-0.1, -0.05) is 24.4 Å². The summed E-state index contributed by atoms with van der Waals surface area (Å²) in [7, 11) is -3.70. The van der Waals surface area contributed by atoms with Gasteiger partial charge in [0.05, 0.1) is 15.5 Å². The molecule has 21 heavy (non-hydrogen) atoms. The van der Waals surface area contributed by atoms with Crippen LogP contribution in [-0.2, 0) is 10.0 Å². The molecule has 2 rings (SSSR count). The zero-order valence-electron chi connectivity index (χ0n) is 11.2. The molecule has 1 aromatic rings. The molecule has 1 saturated heterocycles. The van der Waals surface area contributed by atoms with E-state index in [1.165, 1.54) is 10.4 Å². The summed E-state index contributed by atoms with van der Waals surface area (Å²) < 4.78 is 27.0. The highest BCUT2D eigenvalue weighted by atomic mass is 79.9. The molecule has 5 nitrogen and oxygen atoms in total. The van der Waals surface area contributed by atoms with Gasteiger partial charge in [0.2, 0.25) is 10.0 Å². The van der Waals surface area contributed by atoms with Crippen LogP contribution in [0.3, 0.4) is 0 Å². The molecule has 0 aromatic heterocycles. The van der Waals surface area contributed by atoms with E-state index in [2.05, 4.69) is 15.9 Å². The summed E-state index contributed by atoms with van der Waals surface area (Å²) in [5.41, 5.74) is -0.223. The van der Waals surface area contributed by atoms with E-state index >= 15 is 0 Å². The number of carboxylic acids is 1. The van der Waals surface area contributed by atoms with E-state index in [1.807, 2.05) is 0 Å². The predicted molar refractivity (Wildman–Crippen MR) is 83.3 cm³/mol. The van der Waals surface area contributed by atoms with Crippen LogP contribution < -0.4 is 0 Å². The average Bonchev–Trinajstić information content (AvgIpc) is 2.70. The topological polar surface area (TPSA) is 74.7 Å². The maximum atomic E-state index is 12.6. The Labute approximate surface area is 137 Å². The highest BCUT2D eigenvalue weighted by Gasteiger charge is 2.27. The monoisotopic (exact) mass is 395 g/mol. The second kappa shape index (κ2) is 6.64. The first-order valence-electron chi connectivity index (χ1n) is 6.56. The lowest BCUT2D eigenvalue weighted by Crippen LogP contribution is -2.32. The maximum absolute atomic E-state index is 12.6. The van der Waals surface area contributed by atoms with Gasteiger partial charge in [-0.3, -0.25) is 0 Å². The van der Waals surface area contributed by atoms with E-state index in [-0.39, 0.29) is 20.0 Å². The molecular formula is C13H15BrClNO4S. The smallest absolute Gasteiger partial charge is 0.337 e. The minimum Gasteiger partial charge on any atom is -0.478 e. The van der Waals surface area contributed by atoms with E-state index in [0.717, 1.165) is 31.7 Å². The van der Waals surface area contributed by atoms with Crippen molar-refractivity contribution in [3.05, 3.63) is 27.2 Å². The first-order valence-corrected chi connectivity index (χ1v) is 9.17. The van der Waals surface area contributed by atoms with Crippen molar-refractivity contribution >= 4 is 43.5 Å². The van der Waals surface area contributed by atoms with E-state index in [9.17, 15) is 13.2 Å². The normalized spacial score (nSPS) is 17.4. The minimum atomic E-state index is -3.70. The van der Waals surface area contributed by atoms with Gasteiger partial charge in [0.15, 0.2) is 0 Å². The van der Waals surface area contributed by atoms with E-state index in [4.69, 9.17) is 16.7 Å². The predicted octanol–water partition coefficient (Wildman–Crippen LogP) is 3.37. The van der Waals surface area contributed by atoms with Crippen molar-refractivity contribution in [1.29, 1.82) is 0 Å². The molecule has 1 heterocycles. The third-order valence-electron chi connectivity index (χ3n) is 3.43. The fourth-order valence-corrected chi connectivity index (χ4v) is 4.67. The van der Waals surface area contributed by atoms with Crippen molar-refractivity contribution < 1.29 is 18.3 Å². The van der Waals surface area contributed by atoms with Crippen LogP contribution in [0, 0.1) is 0 Å². The summed E-state index contributed by atoms with van der Waals surface area (Å²) in [6.45, 7) is 0.927. The van der Waals surface area contributed by atoms with Crippen LogP contribution in [-0.4, -0.2) is 36.9 Å². The van der Waals surface area contributed by atoms with Gasteiger partial charge in [0.25, 0.3) is 0 Å². The van der Waals surface area contributed by atoms with E-state index < -0.39 is 16.0 Å². The molecule has 1 aromatic carbocycles. The van der Waals surface area contributed by atoms with Crippen molar-refractivity contribution in [1.82, 2.24) is 4.31 Å². The minimum absolute atomic E-state index is 0.00248. The quantitative estimate of drug-likeness (QED) is 0.850.